The van der Waals surface area contributed by atoms with E-state index in [2.05, 4.69) is 4.98 Å². The number of rotatable bonds is 3. The lowest BCUT2D eigenvalue weighted by Gasteiger charge is -2.06. The molecule has 0 radical (unpaired) electrons. The SMILES string of the molecule is Fc1ccc(COc2cccnc2F)cc1Cl. The smallest absolute Gasteiger partial charge is 0.255 e. The number of halogens is 3. The molecule has 0 atom stereocenters. The molecule has 0 fully saturated rings. The Bertz CT molecular complexity index is 534. The fourth-order valence-electron chi connectivity index (χ4n) is 1.27. The van der Waals surface area contributed by atoms with Crippen LogP contribution in [-0.2, 0) is 6.61 Å². The Morgan fingerprint density at radius 3 is 2.76 bits per heavy atom. The second kappa shape index (κ2) is 5.10. The molecule has 88 valence electrons. The predicted octanol–water partition coefficient (Wildman–Crippen LogP) is 3.59. The van der Waals surface area contributed by atoms with Crippen molar-refractivity contribution in [3.63, 3.8) is 0 Å². The molecule has 2 nitrogen and oxygen atoms in total. The van der Waals surface area contributed by atoms with Crippen LogP contribution in [0.5, 0.6) is 5.75 Å². The summed E-state index contributed by atoms with van der Waals surface area (Å²) in [7, 11) is 0. The molecule has 0 spiro atoms. The number of hydrogen-bond donors (Lipinski definition) is 0. The van der Waals surface area contributed by atoms with Crippen LogP contribution in [0, 0.1) is 11.8 Å². The van der Waals surface area contributed by atoms with Crippen molar-refractivity contribution in [1.82, 2.24) is 4.98 Å². The van der Waals surface area contributed by atoms with E-state index in [0.717, 1.165) is 0 Å². The van der Waals surface area contributed by atoms with Gasteiger partial charge in [0.1, 0.15) is 12.4 Å². The average molecular weight is 256 g/mol. The molecule has 2 rings (SSSR count). The number of benzene rings is 1. The van der Waals surface area contributed by atoms with Gasteiger partial charge in [0, 0.05) is 6.20 Å². The molecule has 0 saturated heterocycles. The standard InChI is InChI=1S/C12H8ClF2NO/c13-9-6-8(3-4-10(9)14)7-17-11-2-1-5-16-12(11)15/h1-6H,7H2. The molecule has 0 bridgehead atoms. The van der Waals surface area contributed by atoms with Gasteiger partial charge in [-0.05, 0) is 29.8 Å². The van der Waals surface area contributed by atoms with Gasteiger partial charge in [-0.25, -0.2) is 9.37 Å². The highest BCUT2D eigenvalue weighted by Crippen LogP contribution is 2.19. The lowest BCUT2D eigenvalue weighted by atomic mass is 10.2. The monoisotopic (exact) mass is 255 g/mol. The fourth-order valence-corrected chi connectivity index (χ4v) is 1.47. The van der Waals surface area contributed by atoms with Crippen molar-refractivity contribution < 1.29 is 13.5 Å². The van der Waals surface area contributed by atoms with E-state index in [9.17, 15) is 8.78 Å². The second-order valence-electron chi connectivity index (χ2n) is 3.33. The number of nitrogens with zero attached hydrogens (tertiary/aromatic N) is 1. The van der Waals surface area contributed by atoms with Crippen LogP contribution >= 0.6 is 11.6 Å². The van der Waals surface area contributed by atoms with Gasteiger partial charge in [0.05, 0.1) is 5.02 Å². The minimum atomic E-state index is -0.680. The van der Waals surface area contributed by atoms with Gasteiger partial charge in [-0.1, -0.05) is 17.7 Å². The summed E-state index contributed by atoms with van der Waals surface area (Å²) in [5.41, 5.74) is 0.652. The summed E-state index contributed by atoms with van der Waals surface area (Å²) in [5.74, 6) is -1.13. The predicted molar refractivity (Wildman–Crippen MR) is 59.9 cm³/mol. The molecule has 0 aliphatic carbocycles. The van der Waals surface area contributed by atoms with Crippen molar-refractivity contribution in [2.75, 3.05) is 0 Å². The molecule has 0 saturated carbocycles. The highest BCUT2D eigenvalue weighted by atomic mass is 35.5. The molecule has 0 aliphatic heterocycles. The van der Waals surface area contributed by atoms with Gasteiger partial charge in [0.2, 0.25) is 0 Å². The molecule has 2 aromatic rings. The molecule has 0 unspecified atom stereocenters. The van der Waals surface area contributed by atoms with Crippen molar-refractivity contribution in [3.05, 3.63) is 58.9 Å². The summed E-state index contributed by atoms with van der Waals surface area (Å²) in [6.07, 6.45) is 1.33. The Labute approximate surface area is 102 Å². The zero-order valence-electron chi connectivity index (χ0n) is 8.66. The van der Waals surface area contributed by atoms with Crippen molar-refractivity contribution in [2.24, 2.45) is 0 Å². The van der Waals surface area contributed by atoms with E-state index < -0.39 is 11.8 Å². The number of pyridine rings is 1. The minimum Gasteiger partial charge on any atom is -0.484 e. The number of ether oxygens (including phenoxy) is 1. The zero-order chi connectivity index (χ0) is 12.3. The molecule has 1 aromatic heterocycles. The molecule has 1 heterocycles. The van der Waals surface area contributed by atoms with Gasteiger partial charge in [-0.15, -0.1) is 0 Å². The van der Waals surface area contributed by atoms with Gasteiger partial charge in [-0.3, -0.25) is 0 Å². The maximum absolute atomic E-state index is 13.1. The molecular formula is C12H8ClF2NO. The third kappa shape index (κ3) is 2.91. The summed E-state index contributed by atoms with van der Waals surface area (Å²) in [6.45, 7) is 0.0998. The van der Waals surface area contributed by atoms with Crippen molar-refractivity contribution in [1.29, 1.82) is 0 Å². The first kappa shape index (κ1) is 11.8. The lowest BCUT2D eigenvalue weighted by molar-refractivity contribution is 0.286. The van der Waals surface area contributed by atoms with Gasteiger partial charge in [0.15, 0.2) is 5.75 Å². The van der Waals surface area contributed by atoms with Crippen molar-refractivity contribution >= 4 is 11.6 Å². The van der Waals surface area contributed by atoms with E-state index in [1.807, 2.05) is 0 Å². The summed E-state index contributed by atoms with van der Waals surface area (Å²) in [5, 5.41) is 0.0118. The van der Waals surface area contributed by atoms with Crippen LogP contribution in [0.4, 0.5) is 8.78 Å². The van der Waals surface area contributed by atoms with Gasteiger partial charge >= 0.3 is 0 Å². The Kier molecular flexibility index (Phi) is 3.54. The van der Waals surface area contributed by atoms with E-state index in [4.69, 9.17) is 16.3 Å². The Hall–Kier alpha value is -1.68. The molecule has 1 aromatic carbocycles. The first-order chi connectivity index (χ1) is 8.16. The Balaban J connectivity index is 2.08. The molecule has 0 aliphatic rings. The van der Waals surface area contributed by atoms with Crippen molar-refractivity contribution in [3.8, 4) is 5.75 Å². The van der Waals surface area contributed by atoms with E-state index in [-0.39, 0.29) is 17.4 Å². The normalized spacial score (nSPS) is 10.3. The topological polar surface area (TPSA) is 22.1 Å². The van der Waals surface area contributed by atoms with Crippen LogP contribution in [0.3, 0.4) is 0 Å². The van der Waals surface area contributed by atoms with E-state index >= 15 is 0 Å². The van der Waals surface area contributed by atoms with Gasteiger partial charge < -0.3 is 4.74 Å². The first-order valence-electron chi connectivity index (χ1n) is 4.84. The van der Waals surface area contributed by atoms with Gasteiger partial charge in [-0.2, -0.15) is 4.39 Å². The van der Waals surface area contributed by atoms with E-state index in [1.165, 1.54) is 30.5 Å². The third-order valence-electron chi connectivity index (χ3n) is 2.10. The fraction of sp³-hybridized carbons (Fsp3) is 0.0833. The number of hydrogen-bond acceptors (Lipinski definition) is 2. The van der Waals surface area contributed by atoms with E-state index in [1.54, 1.807) is 6.07 Å². The van der Waals surface area contributed by atoms with Crippen LogP contribution in [0.2, 0.25) is 5.02 Å². The maximum Gasteiger partial charge on any atom is 0.255 e. The summed E-state index contributed by atoms with van der Waals surface area (Å²) in [6, 6.07) is 7.23. The first-order valence-corrected chi connectivity index (χ1v) is 5.22. The van der Waals surface area contributed by atoms with Crippen molar-refractivity contribution in [2.45, 2.75) is 6.61 Å². The second-order valence-corrected chi connectivity index (χ2v) is 3.74. The quantitative estimate of drug-likeness (QED) is 0.782. The molecule has 0 amide bonds. The van der Waals surface area contributed by atoms with Crippen LogP contribution in [0.15, 0.2) is 36.5 Å². The average Bonchev–Trinajstić information content (AvgIpc) is 2.32. The highest BCUT2D eigenvalue weighted by Gasteiger charge is 2.05. The van der Waals surface area contributed by atoms with Crippen LogP contribution in [0.25, 0.3) is 0 Å². The number of aromatic nitrogens is 1. The van der Waals surface area contributed by atoms with Gasteiger partial charge in [0.25, 0.3) is 5.95 Å². The Morgan fingerprint density at radius 2 is 2.06 bits per heavy atom. The maximum atomic E-state index is 13.1. The van der Waals surface area contributed by atoms with E-state index in [0.29, 0.717) is 5.56 Å². The van der Waals surface area contributed by atoms with Crippen LogP contribution < -0.4 is 4.74 Å². The molecule has 0 N–H and O–H groups in total. The largest absolute Gasteiger partial charge is 0.484 e. The van der Waals surface area contributed by atoms with Crippen LogP contribution in [0.1, 0.15) is 5.56 Å². The molecule has 17 heavy (non-hydrogen) atoms. The summed E-state index contributed by atoms with van der Waals surface area (Å²) >= 11 is 5.61. The minimum absolute atomic E-state index is 0.0118. The zero-order valence-corrected chi connectivity index (χ0v) is 9.42. The summed E-state index contributed by atoms with van der Waals surface area (Å²) < 4.78 is 31.2. The Morgan fingerprint density at radius 1 is 1.24 bits per heavy atom. The highest BCUT2D eigenvalue weighted by molar-refractivity contribution is 6.30. The van der Waals surface area contributed by atoms with Crippen LogP contribution in [-0.4, -0.2) is 4.98 Å². The third-order valence-corrected chi connectivity index (χ3v) is 2.39. The molecular weight excluding hydrogens is 248 g/mol. The summed E-state index contributed by atoms with van der Waals surface area (Å²) in [4.78, 5) is 3.45. The lowest BCUT2D eigenvalue weighted by Crippen LogP contribution is -1.98. The molecule has 5 heteroatoms.